The Bertz CT molecular complexity index is 1410. The second kappa shape index (κ2) is 9.14. The average Bonchev–Trinajstić information content (AvgIpc) is 3.38. The second-order valence-corrected chi connectivity index (χ2v) is 9.45. The Labute approximate surface area is 209 Å². The Hall–Kier alpha value is -4.14. The van der Waals surface area contributed by atoms with E-state index in [1.165, 1.54) is 6.42 Å². The number of hydrogen-bond donors (Lipinski definition) is 2. The van der Waals surface area contributed by atoms with E-state index in [-0.39, 0.29) is 18.0 Å². The van der Waals surface area contributed by atoms with E-state index in [0.717, 1.165) is 53.8 Å². The highest BCUT2D eigenvalue weighted by molar-refractivity contribution is 6.10. The van der Waals surface area contributed by atoms with Crippen LogP contribution in [0.3, 0.4) is 0 Å². The van der Waals surface area contributed by atoms with Gasteiger partial charge in [-0.25, -0.2) is 4.98 Å². The topological polar surface area (TPSA) is 99.3 Å². The maximum Gasteiger partial charge on any atom is 0.254 e. The van der Waals surface area contributed by atoms with Crippen molar-refractivity contribution < 1.29 is 9.53 Å². The molecule has 2 aromatic carbocycles. The van der Waals surface area contributed by atoms with E-state index in [1.807, 2.05) is 49.4 Å². The lowest BCUT2D eigenvalue weighted by Crippen LogP contribution is -2.55. The minimum atomic E-state index is -0.350. The fraction of sp³-hybridized carbons (Fsp3) is 0.333. The summed E-state index contributed by atoms with van der Waals surface area (Å²) >= 11 is 0. The molecule has 1 aliphatic heterocycles. The molecule has 1 saturated carbocycles. The number of benzene rings is 2. The van der Waals surface area contributed by atoms with E-state index in [0.29, 0.717) is 17.4 Å². The predicted molar refractivity (Wildman–Crippen MR) is 140 cm³/mol. The summed E-state index contributed by atoms with van der Waals surface area (Å²) in [5.74, 6) is 1.97. The fourth-order valence-corrected chi connectivity index (χ4v) is 5.40. The van der Waals surface area contributed by atoms with E-state index >= 15 is 0 Å². The van der Waals surface area contributed by atoms with E-state index in [9.17, 15) is 4.79 Å². The molecule has 9 heteroatoms. The van der Waals surface area contributed by atoms with E-state index < -0.39 is 0 Å². The van der Waals surface area contributed by atoms with Crippen LogP contribution in [-0.4, -0.2) is 45.3 Å². The first-order chi connectivity index (χ1) is 17.6. The summed E-state index contributed by atoms with van der Waals surface area (Å²) in [4.78, 5) is 27.3. The van der Waals surface area contributed by atoms with Crippen LogP contribution in [-0.2, 0) is 4.79 Å². The van der Waals surface area contributed by atoms with Gasteiger partial charge in [0, 0.05) is 23.2 Å². The third kappa shape index (κ3) is 3.90. The van der Waals surface area contributed by atoms with E-state index in [1.54, 1.807) is 24.4 Å². The van der Waals surface area contributed by atoms with Gasteiger partial charge in [0.05, 0.1) is 30.7 Å². The molecule has 0 saturated heterocycles. The molecule has 4 aromatic rings. The quantitative estimate of drug-likeness (QED) is 0.397. The third-order valence-corrected chi connectivity index (χ3v) is 7.21. The van der Waals surface area contributed by atoms with E-state index in [2.05, 4.69) is 25.4 Å². The molecule has 1 aliphatic carbocycles. The molecule has 2 N–H and O–H groups in total. The number of nitrogens with zero attached hydrogens (tertiary/aromatic N) is 5. The third-order valence-electron chi connectivity index (χ3n) is 7.21. The maximum atomic E-state index is 13.8. The molecule has 9 nitrogen and oxygen atoms in total. The minimum absolute atomic E-state index is 0.0102. The van der Waals surface area contributed by atoms with Crippen LogP contribution >= 0.6 is 0 Å². The number of aromatic amines is 1. The van der Waals surface area contributed by atoms with Gasteiger partial charge in [-0.05, 0) is 50.1 Å². The first kappa shape index (κ1) is 22.3. The summed E-state index contributed by atoms with van der Waals surface area (Å²) < 4.78 is 5.43. The molecule has 2 aromatic heterocycles. The zero-order valence-electron chi connectivity index (χ0n) is 20.4. The highest BCUT2D eigenvalue weighted by Gasteiger charge is 2.41. The van der Waals surface area contributed by atoms with Crippen LogP contribution in [0.1, 0.15) is 39.0 Å². The lowest BCUT2D eigenvalue weighted by molar-refractivity contribution is -0.119. The number of anilines is 5. The van der Waals surface area contributed by atoms with Gasteiger partial charge in [0.2, 0.25) is 5.95 Å². The number of carbonyl (C=O) groups excluding carboxylic acids is 1. The van der Waals surface area contributed by atoms with Crippen molar-refractivity contribution in [3.63, 3.8) is 0 Å². The second-order valence-electron chi connectivity index (χ2n) is 9.45. The molecule has 1 fully saturated rings. The van der Waals surface area contributed by atoms with Crippen molar-refractivity contribution in [3.8, 4) is 5.75 Å². The molecule has 0 radical (unpaired) electrons. The summed E-state index contributed by atoms with van der Waals surface area (Å²) in [7, 11) is 1.63. The Balaban J connectivity index is 1.43. The predicted octanol–water partition coefficient (Wildman–Crippen LogP) is 5.31. The summed E-state index contributed by atoms with van der Waals surface area (Å²) in [6.45, 7) is 1.98. The normalized spacial score (nSPS) is 18.4. The lowest BCUT2D eigenvalue weighted by Gasteiger charge is -2.45. The SMILES string of the molecule is COc1cccc(N2C(=O)[C@@H](C)N(C3CCCCC3)c3nc(Nc4ccc5[nH]ncc5c4)ncc32)c1. The van der Waals surface area contributed by atoms with Crippen LogP contribution in [0.2, 0.25) is 0 Å². The number of amides is 1. The van der Waals surface area contributed by atoms with Crippen LogP contribution in [0.4, 0.5) is 28.8 Å². The molecule has 0 unspecified atom stereocenters. The zero-order valence-corrected chi connectivity index (χ0v) is 20.4. The summed E-state index contributed by atoms with van der Waals surface area (Å²) in [6.07, 6.45) is 9.22. The number of nitrogens with one attached hydrogen (secondary N) is 2. The van der Waals surface area contributed by atoms with Gasteiger partial charge in [0.15, 0.2) is 5.82 Å². The van der Waals surface area contributed by atoms with Crippen molar-refractivity contribution in [1.29, 1.82) is 0 Å². The van der Waals surface area contributed by atoms with Crippen molar-refractivity contribution in [2.75, 3.05) is 22.2 Å². The summed E-state index contributed by atoms with van der Waals surface area (Å²) in [5.41, 5.74) is 3.27. The van der Waals surface area contributed by atoms with Crippen LogP contribution < -0.4 is 19.9 Å². The van der Waals surface area contributed by atoms with Crippen LogP contribution in [0.25, 0.3) is 10.9 Å². The van der Waals surface area contributed by atoms with Gasteiger partial charge in [0.25, 0.3) is 5.91 Å². The number of aromatic nitrogens is 4. The van der Waals surface area contributed by atoms with Crippen molar-refractivity contribution >= 4 is 45.6 Å². The largest absolute Gasteiger partial charge is 0.497 e. The Morgan fingerprint density at radius 1 is 1.08 bits per heavy atom. The molecule has 3 heterocycles. The molecular weight excluding hydrogens is 454 g/mol. The van der Waals surface area contributed by atoms with Crippen LogP contribution in [0.15, 0.2) is 54.9 Å². The van der Waals surface area contributed by atoms with E-state index in [4.69, 9.17) is 9.72 Å². The monoisotopic (exact) mass is 483 g/mol. The van der Waals surface area contributed by atoms with Gasteiger partial charge >= 0.3 is 0 Å². The standard InChI is InChI=1S/C27H29N7O2/c1-17-26(35)34(21-9-6-10-22(14-21)36-2)24-16-28-27(30-19-11-12-23-18(13-19)15-29-32-23)31-25(24)33(17)20-7-4-3-5-8-20/h6,9-17,20H,3-5,7-8H2,1-2H3,(H,29,32)(H,28,30,31)/t17-/m1/s1. The number of rotatable bonds is 5. The smallest absolute Gasteiger partial charge is 0.254 e. The lowest BCUT2D eigenvalue weighted by atomic mass is 9.92. The Morgan fingerprint density at radius 2 is 1.94 bits per heavy atom. The summed E-state index contributed by atoms with van der Waals surface area (Å²) in [5, 5.41) is 11.4. The number of hydrogen-bond acceptors (Lipinski definition) is 7. The van der Waals surface area contributed by atoms with Crippen molar-refractivity contribution in [1.82, 2.24) is 20.2 Å². The first-order valence-electron chi connectivity index (χ1n) is 12.5. The number of methoxy groups -OCH3 is 1. The van der Waals surface area contributed by atoms with Gasteiger partial charge < -0.3 is 15.0 Å². The summed E-state index contributed by atoms with van der Waals surface area (Å²) in [6, 6.07) is 13.4. The van der Waals surface area contributed by atoms with Gasteiger partial charge in [-0.2, -0.15) is 10.1 Å². The van der Waals surface area contributed by atoms with Crippen molar-refractivity contribution in [3.05, 3.63) is 54.9 Å². The number of fused-ring (bicyclic) bond motifs is 2. The Morgan fingerprint density at radius 3 is 2.78 bits per heavy atom. The van der Waals surface area contributed by atoms with Gasteiger partial charge in [-0.15, -0.1) is 0 Å². The van der Waals surface area contributed by atoms with Gasteiger partial charge in [-0.3, -0.25) is 14.8 Å². The fourth-order valence-electron chi connectivity index (χ4n) is 5.40. The van der Waals surface area contributed by atoms with Crippen molar-refractivity contribution in [2.45, 2.75) is 51.1 Å². The van der Waals surface area contributed by atoms with Crippen molar-refractivity contribution in [2.24, 2.45) is 0 Å². The van der Waals surface area contributed by atoms with Gasteiger partial charge in [-0.1, -0.05) is 25.3 Å². The first-order valence-corrected chi connectivity index (χ1v) is 12.5. The minimum Gasteiger partial charge on any atom is -0.497 e. The number of ether oxygens (including phenoxy) is 1. The Kier molecular flexibility index (Phi) is 5.67. The molecular formula is C27H29N7O2. The highest BCUT2D eigenvalue weighted by atomic mass is 16.5. The number of carbonyl (C=O) groups is 1. The zero-order chi connectivity index (χ0) is 24.6. The molecule has 1 atom stereocenters. The maximum absolute atomic E-state index is 13.8. The van der Waals surface area contributed by atoms with Gasteiger partial charge in [0.1, 0.15) is 17.5 Å². The molecule has 0 bridgehead atoms. The molecule has 184 valence electrons. The number of H-pyrrole nitrogens is 1. The highest BCUT2D eigenvalue weighted by Crippen LogP contribution is 2.43. The molecule has 6 rings (SSSR count). The molecule has 36 heavy (non-hydrogen) atoms. The molecule has 2 aliphatic rings. The molecule has 1 amide bonds. The van der Waals surface area contributed by atoms with Crippen LogP contribution in [0.5, 0.6) is 5.75 Å². The average molecular weight is 484 g/mol. The van der Waals surface area contributed by atoms with Crippen LogP contribution in [0, 0.1) is 0 Å². The molecule has 0 spiro atoms.